The molecule has 0 radical (unpaired) electrons. The number of Topliss-reactive ketones (excluding diaryl/α,β-unsaturated/α-hetero) is 1. The molecular formula is C24H25F2N3O2. The van der Waals surface area contributed by atoms with Crippen LogP contribution in [0.3, 0.4) is 0 Å². The number of benzene rings is 2. The van der Waals surface area contributed by atoms with E-state index in [1.54, 1.807) is 13.1 Å². The SMILES string of the molecule is CC(=O)CCCCC[C@H](NC(=O)c1ccc(F)c(F)c1)c1ncc(-c2ccccc2)[nH]1. The van der Waals surface area contributed by atoms with Crippen molar-refractivity contribution in [3.63, 3.8) is 0 Å². The molecule has 0 saturated carbocycles. The molecule has 0 aliphatic rings. The molecule has 3 rings (SSSR count). The summed E-state index contributed by atoms with van der Waals surface area (Å²) in [6.45, 7) is 1.57. The number of unbranched alkanes of at least 4 members (excludes halogenated alkanes) is 2. The average molecular weight is 425 g/mol. The molecule has 1 aromatic heterocycles. The summed E-state index contributed by atoms with van der Waals surface area (Å²) in [5, 5.41) is 2.87. The number of halogens is 2. The third-order valence-corrected chi connectivity index (χ3v) is 5.02. The molecule has 0 bridgehead atoms. The van der Waals surface area contributed by atoms with Gasteiger partial charge in [-0.25, -0.2) is 13.8 Å². The van der Waals surface area contributed by atoms with Gasteiger partial charge in [0.15, 0.2) is 11.6 Å². The smallest absolute Gasteiger partial charge is 0.251 e. The number of nitrogens with zero attached hydrogens (tertiary/aromatic N) is 1. The van der Waals surface area contributed by atoms with Crippen LogP contribution < -0.4 is 5.32 Å². The van der Waals surface area contributed by atoms with Crippen molar-refractivity contribution in [2.45, 2.75) is 45.1 Å². The van der Waals surface area contributed by atoms with Crippen LogP contribution in [0.25, 0.3) is 11.3 Å². The van der Waals surface area contributed by atoms with Gasteiger partial charge in [0, 0.05) is 12.0 Å². The molecule has 0 aliphatic carbocycles. The average Bonchev–Trinajstić information content (AvgIpc) is 3.25. The predicted molar refractivity (Wildman–Crippen MR) is 114 cm³/mol. The highest BCUT2D eigenvalue weighted by Gasteiger charge is 2.20. The fourth-order valence-electron chi connectivity index (χ4n) is 3.33. The van der Waals surface area contributed by atoms with Gasteiger partial charge >= 0.3 is 0 Å². The highest BCUT2D eigenvalue weighted by molar-refractivity contribution is 5.94. The molecule has 7 heteroatoms. The molecule has 2 N–H and O–H groups in total. The zero-order valence-electron chi connectivity index (χ0n) is 17.3. The van der Waals surface area contributed by atoms with Crippen molar-refractivity contribution < 1.29 is 18.4 Å². The van der Waals surface area contributed by atoms with Gasteiger partial charge in [0.2, 0.25) is 0 Å². The van der Waals surface area contributed by atoms with Crippen molar-refractivity contribution >= 4 is 11.7 Å². The number of hydrogen-bond donors (Lipinski definition) is 2. The van der Waals surface area contributed by atoms with Crippen molar-refractivity contribution in [2.24, 2.45) is 0 Å². The number of rotatable bonds is 10. The van der Waals surface area contributed by atoms with Crippen molar-refractivity contribution in [1.29, 1.82) is 0 Å². The molecular weight excluding hydrogens is 400 g/mol. The van der Waals surface area contributed by atoms with Gasteiger partial charge in [-0.2, -0.15) is 0 Å². The largest absolute Gasteiger partial charge is 0.342 e. The minimum absolute atomic E-state index is 0.0373. The van der Waals surface area contributed by atoms with Crippen molar-refractivity contribution in [2.75, 3.05) is 0 Å². The number of amides is 1. The molecule has 0 spiro atoms. The van der Waals surface area contributed by atoms with Crippen LogP contribution in [-0.4, -0.2) is 21.7 Å². The first kappa shape index (κ1) is 22.3. The second-order valence-electron chi connectivity index (χ2n) is 7.50. The zero-order chi connectivity index (χ0) is 22.2. The van der Waals surface area contributed by atoms with E-state index in [0.717, 1.165) is 42.7 Å². The van der Waals surface area contributed by atoms with Gasteiger partial charge in [0.25, 0.3) is 5.91 Å². The number of hydrogen-bond acceptors (Lipinski definition) is 3. The molecule has 3 aromatic rings. The fourth-order valence-corrected chi connectivity index (χ4v) is 3.33. The van der Waals surface area contributed by atoms with Gasteiger partial charge in [-0.05, 0) is 43.5 Å². The molecule has 31 heavy (non-hydrogen) atoms. The van der Waals surface area contributed by atoms with Crippen LogP contribution in [0, 0.1) is 11.6 Å². The Bertz CT molecular complexity index is 1030. The Morgan fingerprint density at radius 3 is 2.52 bits per heavy atom. The normalized spacial score (nSPS) is 11.8. The highest BCUT2D eigenvalue weighted by atomic mass is 19.2. The first-order valence-electron chi connectivity index (χ1n) is 10.3. The summed E-state index contributed by atoms with van der Waals surface area (Å²) in [5.74, 6) is -1.84. The van der Waals surface area contributed by atoms with E-state index in [-0.39, 0.29) is 11.3 Å². The summed E-state index contributed by atoms with van der Waals surface area (Å²) in [7, 11) is 0. The van der Waals surface area contributed by atoms with Crippen LogP contribution >= 0.6 is 0 Å². The quantitative estimate of drug-likeness (QED) is 0.429. The van der Waals surface area contributed by atoms with Crippen LogP contribution in [0.4, 0.5) is 8.78 Å². The number of carbonyl (C=O) groups excluding carboxylic acids is 2. The van der Waals surface area contributed by atoms with Crippen LogP contribution in [0.2, 0.25) is 0 Å². The van der Waals surface area contributed by atoms with E-state index in [1.165, 1.54) is 6.07 Å². The number of aromatic amines is 1. The Hall–Kier alpha value is -3.35. The van der Waals surface area contributed by atoms with Crippen molar-refractivity contribution in [3.8, 4) is 11.3 Å². The maximum atomic E-state index is 13.5. The van der Waals surface area contributed by atoms with Gasteiger partial charge in [-0.3, -0.25) is 4.79 Å². The van der Waals surface area contributed by atoms with E-state index in [4.69, 9.17) is 0 Å². The molecule has 0 saturated heterocycles. The molecule has 0 fully saturated rings. The monoisotopic (exact) mass is 425 g/mol. The zero-order valence-corrected chi connectivity index (χ0v) is 17.3. The minimum atomic E-state index is -1.07. The Morgan fingerprint density at radius 1 is 1.03 bits per heavy atom. The number of aromatic nitrogens is 2. The maximum absolute atomic E-state index is 13.5. The third-order valence-electron chi connectivity index (χ3n) is 5.02. The molecule has 1 heterocycles. The Balaban J connectivity index is 1.74. The highest BCUT2D eigenvalue weighted by Crippen LogP contribution is 2.23. The lowest BCUT2D eigenvalue weighted by Gasteiger charge is -2.17. The number of carbonyl (C=O) groups is 2. The van der Waals surface area contributed by atoms with E-state index < -0.39 is 23.6 Å². The van der Waals surface area contributed by atoms with Gasteiger partial charge in [0.05, 0.1) is 17.9 Å². The first-order chi connectivity index (χ1) is 14.9. The standard InChI is InChI=1S/C24H25F2N3O2/c1-16(30)8-4-2-7-11-21(29-24(31)18-12-13-19(25)20(26)14-18)23-27-15-22(28-23)17-9-5-3-6-10-17/h3,5-6,9-10,12-15,21H,2,4,7-8,11H2,1H3,(H,27,28)(H,29,31)/t21-/m0/s1. The van der Waals surface area contributed by atoms with Gasteiger partial charge in [-0.1, -0.05) is 43.2 Å². The van der Waals surface area contributed by atoms with Crippen LogP contribution in [0.15, 0.2) is 54.7 Å². The van der Waals surface area contributed by atoms with E-state index in [9.17, 15) is 18.4 Å². The maximum Gasteiger partial charge on any atom is 0.251 e. The number of nitrogens with one attached hydrogen (secondary N) is 2. The molecule has 2 aromatic carbocycles. The minimum Gasteiger partial charge on any atom is -0.342 e. The topological polar surface area (TPSA) is 74.8 Å². The fraction of sp³-hybridized carbons (Fsp3) is 0.292. The van der Waals surface area contributed by atoms with Crippen LogP contribution in [0.1, 0.15) is 61.3 Å². The van der Waals surface area contributed by atoms with Crippen LogP contribution in [-0.2, 0) is 4.79 Å². The Labute approximate surface area is 179 Å². The van der Waals surface area contributed by atoms with E-state index in [2.05, 4.69) is 15.3 Å². The molecule has 0 aliphatic heterocycles. The van der Waals surface area contributed by atoms with Gasteiger partial charge in [-0.15, -0.1) is 0 Å². The van der Waals surface area contributed by atoms with Crippen LogP contribution in [0.5, 0.6) is 0 Å². The summed E-state index contributed by atoms with van der Waals surface area (Å²) in [6.07, 6.45) is 5.23. The third kappa shape index (κ3) is 6.31. The molecule has 1 amide bonds. The molecule has 162 valence electrons. The number of imidazole rings is 1. The second-order valence-corrected chi connectivity index (χ2v) is 7.50. The molecule has 5 nitrogen and oxygen atoms in total. The molecule has 1 atom stereocenters. The molecule has 0 unspecified atom stereocenters. The second kappa shape index (κ2) is 10.6. The summed E-state index contributed by atoms with van der Waals surface area (Å²) in [5.41, 5.74) is 1.82. The summed E-state index contributed by atoms with van der Waals surface area (Å²) >= 11 is 0. The summed E-state index contributed by atoms with van der Waals surface area (Å²) in [4.78, 5) is 31.5. The van der Waals surface area contributed by atoms with E-state index in [1.807, 2.05) is 30.3 Å². The Kier molecular flexibility index (Phi) is 7.65. The van der Waals surface area contributed by atoms with Gasteiger partial charge < -0.3 is 15.1 Å². The number of ketones is 1. The van der Waals surface area contributed by atoms with Crippen molar-refractivity contribution in [1.82, 2.24) is 15.3 Å². The first-order valence-corrected chi connectivity index (χ1v) is 10.3. The lowest BCUT2D eigenvalue weighted by molar-refractivity contribution is -0.117. The van der Waals surface area contributed by atoms with E-state index in [0.29, 0.717) is 18.7 Å². The summed E-state index contributed by atoms with van der Waals surface area (Å²) in [6, 6.07) is 12.3. The lowest BCUT2D eigenvalue weighted by Crippen LogP contribution is -2.29. The Morgan fingerprint density at radius 2 is 1.81 bits per heavy atom. The number of H-pyrrole nitrogens is 1. The lowest BCUT2D eigenvalue weighted by atomic mass is 10.0. The van der Waals surface area contributed by atoms with Gasteiger partial charge in [0.1, 0.15) is 11.6 Å². The predicted octanol–water partition coefficient (Wildman–Crippen LogP) is 5.37. The summed E-state index contributed by atoms with van der Waals surface area (Å²) < 4.78 is 26.7. The van der Waals surface area contributed by atoms with Crippen molar-refractivity contribution in [3.05, 3.63) is 77.8 Å². The van der Waals surface area contributed by atoms with E-state index >= 15 is 0 Å².